The summed E-state index contributed by atoms with van der Waals surface area (Å²) in [5, 5.41) is 0. The third kappa shape index (κ3) is 3.24. The average Bonchev–Trinajstić information content (AvgIpc) is 3.20. The first-order valence-corrected chi connectivity index (χ1v) is 7.28. The number of carbonyl (C=O) groups excluding carboxylic acids is 1. The molecule has 0 heterocycles. The van der Waals surface area contributed by atoms with E-state index in [1.807, 2.05) is 18.2 Å². The predicted molar refractivity (Wildman–Crippen MR) is 84.1 cm³/mol. The molecule has 1 amide bonds. The van der Waals surface area contributed by atoms with Gasteiger partial charge in [-0.3, -0.25) is 4.79 Å². The molecule has 2 N–H and O–H groups in total. The summed E-state index contributed by atoms with van der Waals surface area (Å²) in [6.07, 6.45) is 2.44. The minimum absolute atomic E-state index is 0.0199. The first-order chi connectivity index (χ1) is 9.40. The Morgan fingerprint density at radius 1 is 1.35 bits per heavy atom. The molecule has 0 spiro atoms. The second-order valence-corrected chi connectivity index (χ2v) is 6.25. The highest BCUT2D eigenvalue weighted by molar-refractivity contribution is 5.96. The van der Waals surface area contributed by atoms with Gasteiger partial charge in [0, 0.05) is 32.2 Å². The van der Waals surface area contributed by atoms with Gasteiger partial charge in [0.05, 0.1) is 11.4 Å². The van der Waals surface area contributed by atoms with Crippen molar-refractivity contribution in [3.05, 3.63) is 23.8 Å². The van der Waals surface area contributed by atoms with Crippen molar-refractivity contribution in [2.24, 2.45) is 5.92 Å². The van der Waals surface area contributed by atoms with Crippen LogP contribution in [0.5, 0.6) is 0 Å². The largest absolute Gasteiger partial charge is 0.397 e. The highest BCUT2D eigenvalue weighted by Gasteiger charge is 2.31. The SMILES string of the molecule is CC(C)CN(c1cc(C(=O)N(C)C)ccc1N)C1CC1. The lowest BCUT2D eigenvalue weighted by atomic mass is 10.1. The van der Waals surface area contributed by atoms with Crippen LogP contribution in [0, 0.1) is 5.92 Å². The summed E-state index contributed by atoms with van der Waals surface area (Å²) >= 11 is 0. The number of hydrogen-bond acceptors (Lipinski definition) is 3. The number of nitrogen functional groups attached to an aromatic ring is 1. The fraction of sp³-hybridized carbons (Fsp3) is 0.562. The van der Waals surface area contributed by atoms with Gasteiger partial charge in [0.25, 0.3) is 5.91 Å². The molecule has 4 heteroatoms. The van der Waals surface area contributed by atoms with Gasteiger partial charge in [-0.15, -0.1) is 0 Å². The molecule has 0 unspecified atom stereocenters. The van der Waals surface area contributed by atoms with Crippen molar-refractivity contribution < 1.29 is 4.79 Å². The molecule has 110 valence electrons. The lowest BCUT2D eigenvalue weighted by Gasteiger charge is -2.28. The smallest absolute Gasteiger partial charge is 0.253 e. The Balaban J connectivity index is 2.33. The fourth-order valence-corrected chi connectivity index (χ4v) is 2.41. The first-order valence-electron chi connectivity index (χ1n) is 7.28. The molecule has 0 saturated heterocycles. The van der Waals surface area contributed by atoms with Crippen molar-refractivity contribution in [2.45, 2.75) is 32.7 Å². The lowest BCUT2D eigenvalue weighted by molar-refractivity contribution is 0.0827. The molecular weight excluding hydrogens is 250 g/mol. The van der Waals surface area contributed by atoms with Crippen LogP contribution < -0.4 is 10.6 Å². The van der Waals surface area contributed by atoms with E-state index < -0.39 is 0 Å². The van der Waals surface area contributed by atoms with E-state index in [-0.39, 0.29) is 5.91 Å². The van der Waals surface area contributed by atoms with Crippen LogP contribution >= 0.6 is 0 Å². The number of benzene rings is 1. The summed E-state index contributed by atoms with van der Waals surface area (Å²) < 4.78 is 0. The Kier molecular flexibility index (Phi) is 4.21. The van der Waals surface area contributed by atoms with Gasteiger partial charge in [-0.2, -0.15) is 0 Å². The number of amides is 1. The van der Waals surface area contributed by atoms with Gasteiger partial charge >= 0.3 is 0 Å². The average molecular weight is 275 g/mol. The highest BCUT2D eigenvalue weighted by Crippen LogP contribution is 2.36. The molecule has 1 aromatic rings. The number of anilines is 2. The molecule has 0 aliphatic heterocycles. The van der Waals surface area contributed by atoms with E-state index in [9.17, 15) is 4.79 Å². The summed E-state index contributed by atoms with van der Waals surface area (Å²) in [4.78, 5) is 16.1. The summed E-state index contributed by atoms with van der Waals surface area (Å²) in [6, 6.07) is 6.19. The minimum atomic E-state index is 0.0199. The van der Waals surface area contributed by atoms with Gasteiger partial charge in [0.15, 0.2) is 0 Å². The zero-order valence-corrected chi connectivity index (χ0v) is 12.9. The van der Waals surface area contributed by atoms with E-state index in [1.165, 1.54) is 12.8 Å². The molecule has 1 aromatic carbocycles. The summed E-state index contributed by atoms with van der Waals surface area (Å²) in [5.74, 6) is 0.592. The summed E-state index contributed by atoms with van der Waals surface area (Å²) in [6.45, 7) is 5.40. The van der Waals surface area contributed by atoms with Crippen LogP contribution in [-0.4, -0.2) is 37.5 Å². The maximum absolute atomic E-state index is 12.1. The normalized spacial score (nSPS) is 14.4. The number of carbonyl (C=O) groups is 1. The Morgan fingerprint density at radius 2 is 2.00 bits per heavy atom. The van der Waals surface area contributed by atoms with E-state index >= 15 is 0 Å². The van der Waals surface area contributed by atoms with Crippen molar-refractivity contribution in [3.8, 4) is 0 Å². The van der Waals surface area contributed by atoms with Crippen molar-refractivity contribution in [1.82, 2.24) is 4.90 Å². The Bertz CT molecular complexity index is 492. The second-order valence-electron chi connectivity index (χ2n) is 6.25. The molecule has 0 radical (unpaired) electrons. The summed E-state index contributed by atoms with van der Waals surface area (Å²) in [7, 11) is 3.54. The Labute approximate surface area is 121 Å². The van der Waals surface area contributed by atoms with Crippen LogP contribution in [-0.2, 0) is 0 Å². The van der Waals surface area contributed by atoms with Gasteiger partial charge in [0.1, 0.15) is 0 Å². The monoisotopic (exact) mass is 275 g/mol. The Morgan fingerprint density at radius 3 is 2.50 bits per heavy atom. The van der Waals surface area contributed by atoms with E-state index in [0.29, 0.717) is 17.5 Å². The van der Waals surface area contributed by atoms with Crippen LogP contribution in [0.25, 0.3) is 0 Å². The zero-order chi connectivity index (χ0) is 14.9. The van der Waals surface area contributed by atoms with Gasteiger partial charge < -0.3 is 15.5 Å². The van der Waals surface area contributed by atoms with Gasteiger partial charge in [0.2, 0.25) is 0 Å². The molecule has 20 heavy (non-hydrogen) atoms. The standard InChI is InChI=1S/C16H25N3O/c1-11(2)10-19(13-6-7-13)15-9-12(5-8-14(15)17)16(20)18(3)4/h5,8-9,11,13H,6-7,10,17H2,1-4H3. The van der Waals surface area contributed by atoms with Gasteiger partial charge in [-0.05, 0) is 37.0 Å². The fourth-order valence-electron chi connectivity index (χ4n) is 2.41. The van der Waals surface area contributed by atoms with Gasteiger partial charge in [-0.1, -0.05) is 13.8 Å². The van der Waals surface area contributed by atoms with Crippen molar-refractivity contribution in [3.63, 3.8) is 0 Å². The highest BCUT2D eigenvalue weighted by atomic mass is 16.2. The Hall–Kier alpha value is -1.71. The number of nitrogens with two attached hydrogens (primary N) is 1. The van der Waals surface area contributed by atoms with Crippen LogP contribution in [0.3, 0.4) is 0 Å². The maximum atomic E-state index is 12.1. The molecule has 0 atom stereocenters. The third-order valence-electron chi connectivity index (χ3n) is 3.54. The molecule has 1 saturated carbocycles. The zero-order valence-electron chi connectivity index (χ0n) is 12.9. The quantitative estimate of drug-likeness (QED) is 0.840. The van der Waals surface area contributed by atoms with Crippen LogP contribution in [0.2, 0.25) is 0 Å². The first kappa shape index (κ1) is 14.7. The molecule has 1 fully saturated rings. The lowest BCUT2D eigenvalue weighted by Crippen LogP contribution is -2.31. The van der Waals surface area contributed by atoms with Gasteiger partial charge in [-0.25, -0.2) is 0 Å². The van der Waals surface area contributed by atoms with Crippen molar-refractivity contribution >= 4 is 17.3 Å². The van der Waals surface area contributed by atoms with Crippen LogP contribution in [0.4, 0.5) is 11.4 Å². The molecule has 4 nitrogen and oxygen atoms in total. The maximum Gasteiger partial charge on any atom is 0.253 e. The van der Waals surface area contributed by atoms with Crippen molar-refractivity contribution in [2.75, 3.05) is 31.3 Å². The second kappa shape index (κ2) is 5.73. The molecule has 2 rings (SSSR count). The number of rotatable bonds is 5. The molecular formula is C16H25N3O. The topological polar surface area (TPSA) is 49.6 Å². The minimum Gasteiger partial charge on any atom is -0.397 e. The molecule has 0 bridgehead atoms. The van der Waals surface area contributed by atoms with E-state index in [4.69, 9.17) is 5.73 Å². The number of hydrogen-bond donors (Lipinski definition) is 1. The molecule has 1 aliphatic carbocycles. The molecule has 0 aromatic heterocycles. The predicted octanol–water partition coefficient (Wildman–Crippen LogP) is 2.60. The summed E-state index contributed by atoms with van der Waals surface area (Å²) in [5.41, 5.74) is 8.61. The van der Waals surface area contributed by atoms with Crippen LogP contribution in [0.1, 0.15) is 37.0 Å². The molecule has 1 aliphatic rings. The van der Waals surface area contributed by atoms with Crippen molar-refractivity contribution in [1.29, 1.82) is 0 Å². The third-order valence-corrected chi connectivity index (χ3v) is 3.54. The van der Waals surface area contributed by atoms with E-state index in [2.05, 4.69) is 18.7 Å². The number of nitrogens with zero attached hydrogens (tertiary/aromatic N) is 2. The van der Waals surface area contributed by atoms with E-state index in [0.717, 1.165) is 17.9 Å². The van der Waals surface area contributed by atoms with Crippen LogP contribution in [0.15, 0.2) is 18.2 Å². The van der Waals surface area contributed by atoms with E-state index in [1.54, 1.807) is 19.0 Å².